The van der Waals surface area contributed by atoms with E-state index in [-0.39, 0.29) is 31.1 Å². The average Bonchev–Trinajstić information content (AvgIpc) is 3.29. The number of carbonyl (C=O) groups excluding carboxylic acids is 3. The van der Waals surface area contributed by atoms with Gasteiger partial charge in [-0.25, -0.2) is 0 Å². The molecule has 0 bridgehead atoms. The second-order valence-electron chi connectivity index (χ2n) is 21.2. The Morgan fingerprint density at radius 3 is 0.800 bits per heavy atom. The lowest BCUT2D eigenvalue weighted by atomic mass is 9.99. The molecule has 0 aromatic carbocycles. The number of unbranched alkanes of at least 4 members (excludes halogenated alkanes) is 33. The van der Waals surface area contributed by atoms with E-state index in [1.807, 2.05) is 0 Å². The maximum Gasteiger partial charge on any atom is 0.306 e. The second kappa shape index (κ2) is 50.3. The van der Waals surface area contributed by atoms with Gasteiger partial charge in [-0.2, -0.15) is 0 Å². The van der Waals surface area contributed by atoms with Crippen molar-refractivity contribution in [3.8, 4) is 0 Å². The minimum Gasteiger partial charge on any atom is -0.462 e. The van der Waals surface area contributed by atoms with Gasteiger partial charge >= 0.3 is 17.9 Å². The summed E-state index contributed by atoms with van der Waals surface area (Å²) in [6.45, 7) is 13.8. The maximum absolute atomic E-state index is 12.9. The molecule has 2 unspecified atom stereocenters. The molecule has 0 rings (SSSR count). The first-order valence-corrected chi connectivity index (χ1v) is 29.2. The van der Waals surface area contributed by atoms with Crippen molar-refractivity contribution < 1.29 is 28.6 Å². The quantitative estimate of drug-likeness (QED) is 0.0344. The standard InChI is InChI=1S/C59H114O6/c1-7-54(5)46-40-34-28-22-17-15-13-11-9-10-12-14-16-18-24-32-38-44-50-59(62)65-56(52-64-58(61)49-43-37-31-26-25-29-35-41-47-55(6)8-2)51-63-57(60)48-42-36-30-23-20-19-21-27-33-39-45-53(3)4/h53-56H,7-52H2,1-6H3/t54?,55?,56-/m1/s1. The number of esters is 3. The Morgan fingerprint density at radius 2 is 0.538 bits per heavy atom. The molecule has 0 saturated heterocycles. The minimum atomic E-state index is -0.764. The van der Waals surface area contributed by atoms with Crippen molar-refractivity contribution in [3.05, 3.63) is 0 Å². The van der Waals surface area contributed by atoms with Crippen LogP contribution in [0, 0.1) is 17.8 Å². The van der Waals surface area contributed by atoms with Crippen LogP contribution < -0.4 is 0 Å². The summed E-state index contributed by atoms with van der Waals surface area (Å²) in [5.74, 6) is 1.73. The molecular weight excluding hydrogens is 805 g/mol. The summed E-state index contributed by atoms with van der Waals surface area (Å²) in [4.78, 5) is 38.1. The highest BCUT2D eigenvalue weighted by atomic mass is 16.6. The van der Waals surface area contributed by atoms with E-state index in [2.05, 4.69) is 41.5 Å². The Morgan fingerprint density at radius 1 is 0.308 bits per heavy atom. The van der Waals surface area contributed by atoms with Crippen LogP contribution in [0.2, 0.25) is 0 Å². The summed E-state index contributed by atoms with van der Waals surface area (Å²) in [6.07, 6.45) is 52.3. The fourth-order valence-corrected chi connectivity index (χ4v) is 8.93. The molecule has 0 aromatic rings. The number of hydrogen-bond acceptors (Lipinski definition) is 6. The van der Waals surface area contributed by atoms with E-state index in [0.29, 0.717) is 19.3 Å². The van der Waals surface area contributed by atoms with Gasteiger partial charge in [0.25, 0.3) is 0 Å². The van der Waals surface area contributed by atoms with Crippen LogP contribution in [0.1, 0.15) is 324 Å². The van der Waals surface area contributed by atoms with Gasteiger partial charge < -0.3 is 14.2 Å². The Bertz CT molecular complexity index is 1010. The molecule has 386 valence electrons. The molecule has 0 spiro atoms. The summed E-state index contributed by atoms with van der Waals surface area (Å²) in [5.41, 5.74) is 0. The van der Waals surface area contributed by atoms with Crippen LogP contribution in [0.3, 0.4) is 0 Å². The fourth-order valence-electron chi connectivity index (χ4n) is 8.93. The van der Waals surface area contributed by atoms with Crippen LogP contribution in [0.15, 0.2) is 0 Å². The molecule has 0 fully saturated rings. The topological polar surface area (TPSA) is 78.9 Å². The largest absolute Gasteiger partial charge is 0.462 e. The Hall–Kier alpha value is -1.59. The summed E-state index contributed by atoms with van der Waals surface area (Å²) in [7, 11) is 0. The summed E-state index contributed by atoms with van der Waals surface area (Å²) < 4.78 is 16.9. The van der Waals surface area contributed by atoms with Gasteiger partial charge in [-0.15, -0.1) is 0 Å². The predicted molar refractivity (Wildman–Crippen MR) is 279 cm³/mol. The summed E-state index contributed by atoms with van der Waals surface area (Å²) in [6, 6.07) is 0. The van der Waals surface area contributed by atoms with Gasteiger partial charge in [0.05, 0.1) is 0 Å². The first kappa shape index (κ1) is 63.4. The van der Waals surface area contributed by atoms with Crippen LogP contribution in [0.4, 0.5) is 0 Å². The third-order valence-electron chi connectivity index (χ3n) is 14.1. The van der Waals surface area contributed by atoms with Crippen molar-refractivity contribution in [1.29, 1.82) is 0 Å². The second-order valence-corrected chi connectivity index (χ2v) is 21.2. The normalized spacial score (nSPS) is 13.0. The molecule has 0 amide bonds. The van der Waals surface area contributed by atoms with E-state index in [0.717, 1.165) is 75.5 Å². The molecular formula is C59H114O6. The lowest BCUT2D eigenvalue weighted by Gasteiger charge is -2.18. The van der Waals surface area contributed by atoms with Crippen molar-refractivity contribution in [1.82, 2.24) is 0 Å². The smallest absolute Gasteiger partial charge is 0.306 e. The van der Waals surface area contributed by atoms with Gasteiger partial charge in [0.1, 0.15) is 13.2 Å². The van der Waals surface area contributed by atoms with E-state index < -0.39 is 6.10 Å². The van der Waals surface area contributed by atoms with E-state index in [9.17, 15) is 14.4 Å². The molecule has 0 aromatic heterocycles. The summed E-state index contributed by atoms with van der Waals surface area (Å²) >= 11 is 0. The molecule has 6 heteroatoms. The van der Waals surface area contributed by atoms with Crippen LogP contribution in [-0.4, -0.2) is 37.2 Å². The van der Waals surface area contributed by atoms with E-state index >= 15 is 0 Å². The molecule has 0 heterocycles. The molecule has 0 aliphatic heterocycles. The van der Waals surface area contributed by atoms with Gasteiger partial charge in [-0.1, -0.05) is 286 Å². The molecule has 0 radical (unpaired) electrons. The first-order valence-electron chi connectivity index (χ1n) is 29.2. The molecule has 0 N–H and O–H groups in total. The average molecular weight is 920 g/mol. The number of hydrogen-bond donors (Lipinski definition) is 0. The van der Waals surface area contributed by atoms with Crippen molar-refractivity contribution in [2.45, 2.75) is 330 Å². The maximum atomic E-state index is 12.9. The monoisotopic (exact) mass is 919 g/mol. The Kier molecular flexibility index (Phi) is 49.1. The number of rotatable bonds is 52. The first-order chi connectivity index (χ1) is 31.7. The lowest BCUT2D eigenvalue weighted by molar-refractivity contribution is -0.167. The third kappa shape index (κ3) is 50.1. The Balaban J connectivity index is 4.25. The predicted octanol–water partition coefficient (Wildman–Crippen LogP) is 19.1. The zero-order chi connectivity index (χ0) is 47.7. The van der Waals surface area contributed by atoms with E-state index in [1.165, 1.54) is 205 Å². The van der Waals surface area contributed by atoms with Crippen LogP contribution in [0.25, 0.3) is 0 Å². The highest BCUT2D eigenvalue weighted by Gasteiger charge is 2.19. The molecule has 0 aliphatic rings. The minimum absolute atomic E-state index is 0.0643. The van der Waals surface area contributed by atoms with E-state index in [4.69, 9.17) is 14.2 Å². The zero-order valence-electron chi connectivity index (χ0n) is 44.8. The fraction of sp³-hybridized carbons (Fsp3) is 0.949. The van der Waals surface area contributed by atoms with Crippen LogP contribution in [0.5, 0.6) is 0 Å². The molecule has 6 nitrogen and oxygen atoms in total. The van der Waals surface area contributed by atoms with Gasteiger partial charge in [0.15, 0.2) is 6.10 Å². The van der Waals surface area contributed by atoms with Crippen molar-refractivity contribution in [3.63, 3.8) is 0 Å². The van der Waals surface area contributed by atoms with Crippen molar-refractivity contribution >= 4 is 17.9 Å². The molecule has 0 aliphatic carbocycles. The molecule has 0 saturated carbocycles. The van der Waals surface area contributed by atoms with Gasteiger partial charge in [0, 0.05) is 19.3 Å². The lowest BCUT2D eigenvalue weighted by Crippen LogP contribution is -2.30. The number of carbonyl (C=O) groups is 3. The Labute approximate surface area is 406 Å². The van der Waals surface area contributed by atoms with Gasteiger partial charge in [-0.3, -0.25) is 14.4 Å². The SMILES string of the molecule is CCC(C)CCCCCCCCCCCCCCCCCCCCC(=O)O[C@H](COC(=O)CCCCCCCCCCCCC(C)C)COC(=O)CCCCCCCCCCC(C)CC. The van der Waals surface area contributed by atoms with Gasteiger partial charge in [-0.05, 0) is 37.0 Å². The van der Waals surface area contributed by atoms with Crippen LogP contribution >= 0.6 is 0 Å². The highest BCUT2D eigenvalue weighted by molar-refractivity contribution is 5.71. The van der Waals surface area contributed by atoms with Crippen molar-refractivity contribution in [2.75, 3.05) is 13.2 Å². The molecule has 65 heavy (non-hydrogen) atoms. The van der Waals surface area contributed by atoms with E-state index in [1.54, 1.807) is 0 Å². The molecule has 3 atom stereocenters. The van der Waals surface area contributed by atoms with Crippen LogP contribution in [-0.2, 0) is 28.6 Å². The van der Waals surface area contributed by atoms with Crippen molar-refractivity contribution in [2.24, 2.45) is 17.8 Å². The summed E-state index contributed by atoms with van der Waals surface area (Å²) in [5, 5.41) is 0. The third-order valence-corrected chi connectivity index (χ3v) is 14.1. The highest BCUT2D eigenvalue weighted by Crippen LogP contribution is 2.19. The zero-order valence-corrected chi connectivity index (χ0v) is 44.8. The number of ether oxygens (including phenoxy) is 3. The van der Waals surface area contributed by atoms with Gasteiger partial charge in [0.2, 0.25) is 0 Å².